The number of carbonyl (C=O) groups is 2. The molecule has 1 saturated heterocycles. The van der Waals surface area contributed by atoms with E-state index >= 15 is 0 Å². The summed E-state index contributed by atoms with van der Waals surface area (Å²) in [4.78, 5) is 31.9. The molecule has 2 aromatic rings. The first-order valence-electron chi connectivity index (χ1n) is 13.5. The molecule has 2 fully saturated rings. The number of nitrogens with zero attached hydrogens (tertiary/aromatic N) is 3. The van der Waals surface area contributed by atoms with Crippen molar-refractivity contribution in [2.45, 2.75) is 63.5 Å². The monoisotopic (exact) mass is 524 g/mol. The number of aryl methyl sites for hydroxylation is 1. The number of anilines is 1. The molecule has 0 aromatic heterocycles. The zero-order chi connectivity index (χ0) is 26.4. The minimum absolute atomic E-state index is 0.00552. The van der Waals surface area contributed by atoms with Crippen molar-refractivity contribution < 1.29 is 9.59 Å². The molecular weight excluding hydrogens is 484 g/mol. The number of nitrogens with one attached hydrogen (secondary N) is 1. The van der Waals surface area contributed by atoms with Gasteiger partial charge < -0.3 is 20.0 Å². The lowest BCUT2D eigenvalue weighted by molar-refractivity contribution is -0.134. The highest BCUT2D eigenvalue weighted by molar-refractivity contribution is 6.30. The Labute approximate surface area is 227 Å². The molecule has 200 valence electrons. The highest BCUT2D eigenvalue weighted by atomic mass is 35.5. The molecule has 2 aromatic carbocycles. The molecule has 2 aliphatic rings. The maximum absolute atomic E-state index is 12.7. The number of halogens is 1. The molecule has 0 atom stereocenters. The number of hydrogen-bond acceptors (Lipinski definition) is 4. The van der Waals surface area contributed by atoms with Crippen molar-refractivity contribution in [3.63, 3.8) is 0 Å². The van der Waals surface area contributed by atoms with Gasteiger partial charge in [-0.25, -0.2) is 0 Å². The van der Waals surface area contributed by atoms with Crippen molar-refractivity contribution >= 4 is 29.1 Å². The molecule has 1 aliphatic heterocycles. The van der Waals surface area contributed by atoms with Gasteiger partial charge in [0.2, 0.25) is 11.8 Å². The van der Waals surface area contributed by atoms with Gasteiger partial charge in [0.15, 0.2) is 0 Å². The van der Waals surface area contributed by atoms with Crippen molar-refractivity contribution in [1.29, 1.82) is 0 Å². The topological polar surface area (TPSA) is 55.9 Å². The molecule has 7 heteroatoms. The molecule has 0 unspecified atom stereocenters. The van der Waals surface area contributed by atoms with Crippen LogP contribution in [0.2, 0.25) is 5.02 Å². The quantitative estimate of drug-likeness (QED) is 0.545. The second-order valence-corrected chi connectivity index (χ2v) is 11.4. The summed E-state index contributed by atoms with van der Waals surface area (Å²) in [5.41, 5.74) is 3.91. The van der Waals surface area contributed by atoms with E-state index in [0.717, 1.165) is 55.9 Å². The highest BCUT2D eigenvalue weighted by Crippen LogP contribution is 2.35. The first kappa shape index (κ1) is 27.5. The molecule has 1 heterocycles. The van der Waals surface area contributed by atoms with Gasteiger partial charge in [0.1, 0.15) is 0 Å². The van der Waals surface area contributed by atoms with Crippen LogP contribution in [0.15, 0.2) is 48.5 Å². The van der Waals surface area contributed by atoms with E-state index in [1.54, 1.807) is 0 Å². The molecular formula is C30H41ClN4O2. The second kappa shape index (κ2) is 12.3. The van der Waals surface area contributed by atoms with E-state index in [4.69, 9.17) is 11.6 Å². The Kier molecular flexibility index (Phi) is 9.14. The Morgan fingerprint density at radius 3 is 2.16 bits per heavy atom. The molecule has 1 aliphatic carbocycles. The van der Waals surface area contributed by atoms with Crippen molar-refractivity contribution in [1.82, 2.24) is 15.1 Å². The fraction of sp³-hybridized carbons (Fsp3) is 0.533. The molecule has 6 nitrogen and oxygen atoms in total. The number of rotatable bonds is 8. The van der Waals surface area contributed by atoms with Crippen LogP contribution >= 0.6 is 11.6 Å². The minimum Gasteiger partial charge on any atom is -0.368 e. The van der Waals surface area contributed by atoms with Gasteiger partial charge in [-0.15, -0.1) is 0 Å². The van der Waals surface area contributed by atoms with Crippen LogP contribution in [-0.2, 0) is 16.0 Å². The third kappa shape index (κ3) is 7.26. The highest BCUT2D eigenvalue weighted by Gasteiger charge is 2.37. The fourth-order valence-corrected chi connectivity index (χ4v) is 5.84. The standard InChI is InChI=1S/C30H41ClN4O2/c1-23-4-6-24(7-5-23)22-30(33(2)3)16-14-26(15-17-30)32-28(36)12-13-29(37)35-20-18-34(19-21-35)27-10-8-25(31)9-11-27/h4-11,26H,12-22H2,1-3H3,(H,32,36). The van der Waals surface area contributed by atoms with E-state index in [-0.39, 0.29) is 36.2 Å². The largest absolute Gasteiger partial charge is 0.368 e. The smallest absolute Gasteiger partial charge is 0.223 e. The lowest BCUT2D eigenvalue weighted by Gasteiger charge is -2.45. The lowest BCUT2D eigenvalue weighted by atomic mass is 9.74. The number of benzene rings is 2. The van der Waals surface area contributed by atoms with Gasteiger partial charge in [-0.3, -0.25) is 9.59 Å². The summed E-state index contributed by atoms with van der Waals surface area (Å²) in [6.07, 6.45) is 5.60. The van der Waals surface area contributed by atoms with Crippen molar-refractivity contribution in [2.75, 3.05) is 45.2 Å². The van der Waals surface area contributed by atoms with Crippen LogP contribution in [0.25, 0.3) is 0 Å². The van der Waals surface area contributed by atoms with Crippen LogP contribution in [0.3, 0.4) is 0 Å². The van der Waals surface area contributed by atoms with Gasteiger partial charge in [-0.1, -0.05) is 41.4 Å². The second-order valence-electron chi connectivity index (χ2n) is 11.0. The summed E-state index contributed by atoms with van der Waals surface area (Å²) >= 11 is 5.99. The van der Waals surface area contributed by atoms with E-state index in [1.807, 2.05) is 29.2 Å². The first-order valence-corrected chi connectivity index (χ1v) is 13.9. The van der Waals surface area contributed by atoms with E-state index in [0.29, 0.717) is 13.1 Å². The van der Waals surface area contributed by atoms with Crippen LogP contribution in [0.4, 0.5) is 5.69 Å². The molecule has 37 heavy (non-hydrogen) atoms. The normalized spacial score (nSPS) is 22.2. The molecule has 0 spiro atoms. The van der Waals surface area contributed by atoms with Gasteiger partial charge in [-0.2, -0.15) is 0 Å². The van der Waals surface area contributed by atoms with E-state index in [2.05, 4.69) is 60.4 Å². The Bertz CT molecular complexity index is 1040. The van der Waals surface area contributed by atoms with Crippen molar-refractivity contribution in [3.8, 4) is 0 Å². The molecule has 1 saturated carbocycles. The maximum atomic E-state index is 12.7. The predicted molar refractivity (Wildman–Crippen MR) is 151 cm³/mol. The average Bonchev–Trinajstić information content (AvgIpc) is 2.90. The Hall–Kier alpha value is -2.57. The zero-order valence-corrected chi connectivity index (χ0v) is 23.3. The van der Waals surface area contributed by atoms with Crippen LogP contribution in [0, 0.1) is 6.92 Å². The molecule has 0 radical (unpaired) electrons. The summed E-state index contributed by atoms with van der Waals surface area (Å²) in [6.45, 7) is 5.06. The number of likely N-dealkylation sites (N-methyl/N-ethyl adjacent to an activating group) is 1. The maximum Gasteiger partial charge on any atom is 0.223 e. The Morgan fingerprint density at radius 1 is 0.946 bits per heavy atom. The van der Waals surface area contributed by atoms with Crippen molar-refractivity contribution in [2.24, 2.45) is 0 Å². The fourth-order valence-electron chi connectivity index (χ4n) is 5.71. The summed E-state index contributed by atoms with van der Waals surface area (Å²) in [5.74, 6) is 0.0633. The summed E-state index contributed by atoms with van der Waals surface area (Å²) in [5, 5.41) is 3.94. The predicted octanol–water partition coefficient (Wildman–Crippen LogP) is 4.68. The van der Waals surface area contributed by atoms with Crippen LogP contribution in [0.5, 0.6) is 0 Å². The number of piperazine rings is 1. The number of hydrogen-bond donors (Lipinski definition) is 1. The van der Waals surface area contributed by atoms with Gasteiger partial charge in [0.25, 0.3) is 0 Å². The lowest BCUT2D eigenvalue weighted by Crippen LogP contribution is -2.52. The summed E-state index contributed by atoms with van der Waals surface area (Å²) < 4.78 is 0. The van der Waals surface area contributed by atoms with Crippen LogP contribution in [-0.4, -0.2) is 73.5 Å². The molecule has 2 amide bonds. The third-order valence-electron chi connectivity index (χ3n) is 8.27. The minimum atomic E-state index is -0.00552. The average molecular weight is 525 g/mol. The van der Waals surface area contributed by atoms with Gasteiger partial charge >= 0.3 is 0 Å². The number of carbonyl (C=O) groups excluding carboxylic acids is 2. The van der Waals surface area contributed by atoms with Crippen LogP contribution in [0.1, 0.15) is 49.7 Å². The molecule has 1 N–H and O–H groups in total. The van der Waals surface area contributed by atoms with E-state index in [1.165, 1.54) is 11.1 Å². The Balaban J connectivity index is 1.18. The van der Waals surface area contributed by atoms with Gasteiger partial charge in [0, 0.05) is 61.3 Å². The molecule has 4 rings (SSSR count). The van der Waals surface area contributed by atoms with Crippen molar-refractivity contribution in [3.05, 3.63) is 64.7 Å². The van der Waals surface area contributed by atoms with Gasteiger partial charge in [0.05, 0.1) is 0 Å². The van der Waals surface area contributed by atoms with Gasteiger partial charge in [-0.05, 0) is 83.0 Å². The van der Waals surface area contributed by atoms with E-state index < -0.39 is 0 Å². The third-order valence-corrected chi connectivity index (χ3v) is 8.53. The zero-order valence-electron chi connectivity index (χ0n) is 22.5. The SMILES string of the molecule is Cc1ccc(CC2(N(C)C)CCC(NC(=O)CCC(=O)N3CCN(c4ccc(Cl)cc4)CC3)CC2)cc1. The van der Waals surface area contributed by atoms with Crippen LogP contribution < -0.4 is 10.2 Å². The molecule has 0 bridgehead atoms. The summed E-state index contributed by atoms with van der Waals surface area (Å²) in [6, 6.07) is 16.9. The first-order chi connectivity index (χ1) is 17.7. The summed E-state index contributed by atoms with van der Waals surface area (Å²) in [7, 11) is 4.35. The van der Waals surface area contributed by atoms with E-state index in [9.17, 15) is 9.59 Å². The Morgan fingerprint density at radius 2 is 1.57 bits per heavy atom. The number of amides is 2.